The van der Waals surface area contributed by atoms with Gasteiger partial charge in [-0.05, 0) is 37.5 Å². The summed E-state index contributed by atoms with van der Waals surface area (Å²) in [6, 6.07) is 16.2. The zero-order valence-electron chi connectivity index (χ0n) is 12.3. The van der Waals surface area contributed by atoms with Crippen LogP contribution < -0.4 is 5.32 Å². The summed E-state index contributed by atoms with van der Waals surface area (Å²) in [6.45, 7) is 6.18. The van der Waals surface area contributed by atoms with Crippen LogP contribution in [0.4, 0.5) is 0 Å². The molecule has 0 aliphatic heterocycles. The van der Waals surface area contributed by atoms with Crippen LogP contribution in [0.5, 0.6) is 0 Å². The van der Waals surface area contributed by atoms with Crippen LogP contribution in [0, 0.1) is 13.8 Å². The average Bonchev–Trinajstić information content (AvgIpc) is 2.42. The number of amides is 1. The molecule has 0 radical (unpaired) electrons. The molecule has 0 fully saturated rings. The van der Waals surface area contributed by atoms with Crippen molar-refractivity contribution in [1.29, 1.82) is 0 Å². The molecule has 2 aromatic rings. The number of aryl methyl sites for hydroxylation is 2. The molecule has 0 aromatic heterocycles. The van der Waals surface area contributed by atoms with Gasteiger partial charge in [0, 0.05) is 0 Å². The third-order valence-electron chi connectivity index (χ3n) is 3.49. The Bertz CT molecular complexity index is 590. The van der Waals surface area contributed by atoms with Gasteiger partial charge in [0.2, 0.25) is 5.91 Å². The largest absolute Gasteiger partial charge is 0.349 e. The molecule has 0 bridgehead atoms. The lowest BCUT2D eigenvalue weighted by Gasteiger charge is -2.17. The van der Waals surface area contributed by atoms with Gasteiger partial charge < -0.3 is 5.32 Å². The molecule has 2 heteroatoms. The van der Waals surface area contributed by atoms with E-state index in [1.807, 2.05) is 37.3 Å². The Labute approximate surface area is 120 Å². The number of rotatable bonds is 4. The van der Waals surface area contributed by atoms with Crippen LogP contribution >= 0.6 is 0 Å². The Morgan fingerprint density at radius 1 is 1.10 bits per heavy atom. The molecule has 0 heterocycles. The predicted octanol–water partition coefficient (Wildman–Crippen LogP) is 3.72. The fourth-order valence-corrected chi connectivity index (χ4v) is 2.38. The molecule has 0 unspecified atom stereocenters. The third-order valence-corrected chi connectivity index (χ3v) is 3.49. The van der Waals surface area contributed by atoms with Crippen molar-refractivity contribution in [2.75, 3.05) is 0 Å². The summed E-state index contributed by atoms with van der Waals surface area (Å²) in [4.78, 5) is 12.1. The lowest BCUT2D eigenvalue weighted by Crippen LogP contribution is -2.28. The first-order valence-corrected chi connectivity index (χ1v) is 6.96. The van der Waals surface area contributed by atoms with Crippen molar-refractivity contribution < 1.29 is 4.79 Å². The van der Waals surface area contributed by atoms with E-state index in [2.05, 4.69) is 37.4 Å². The Morgan fingerprint density at radius 2 is 1.80 bits per heavy atom. The molecule has 2 rings (SSSR count). The number of carbonyl (C=O) groups excluding carboxylic acids is 1. The Balaban J connectivity index is 2.02. The van der Waals surface area contributed by atoms with Crippen molar-refractivity contribution >= 4 is 5.91 Å². The lowest BCUT2D eigenvalue weighted by atomic mass is 10.00. The Kier molecular flexibility index (Phi) is 4.57. The van der Waals surface area contributed by atoms with Crippen LogP contribution in [0.1, 0.15) is 35.2 Å². The number of nitrogens with one attached hydrogen (secondary N) is 1. The van der Waals surface area contributed by atoms with Crippen LogP contribution in [0.25, 0.3) is 0 Å². The van der Waals surface area contributed by atoms with Gasteiger partial charge in [0.25, 0.3) is 0 Å². The molecule has 0 saturated heterocycles. The number of hydrogen-bond donors (Lipinski definition) is 1. The standard InChI is InChI=1S/C18H21NO/c1-13-9-10-14(2)17(11-13)15(3)19-18(20)12-16-7-5-4-6-8-16/h4-11,15H,12H2,1-3H3,(H,19,20)/t15-/m1/s1. The van der Waals surface area contributed by atoms with E-state index in [0.29, 0.717) is 6.42 Å². The number of hydrogen-bond acceptors (Lipinski definition) is 1. The molecule has 0 aliphatic carbocycles. The molecule has 0 aliphatic rings. The van der Waals surface area contributed by atoms with Gasteiger partial charge in [0.15, 0.2) is 0 Å². The summed E-state index contributed by atoms with van der Waals surface area (Å²) in [5.74, 6) is 0.0598. The van der Waals surface area contributed by atoms with Gasteiger partial charge in [0.05, 0.1) is 12.5 Å². The van der Waals surface area contributed by atoms with Gasteiger partial charge in [0.1, 0.15) is 0 Å². The van der Waals surface area contributed by atoms with E-state index in [9.17, 15) is 4.79 Å². The van der Waals surface area contributed by atoms with E-state index in [1.54, 1.807) is 0 Å². The lowest BCUT2D eigenvalue weighted by molar-refractivity contribution is -0.121. The van der Waals surface area contributed by atoms with Crippen molar-refractivity contribution in [2.45, 2.75) is 33.2 Å². The molecular formula is C18H21NO. The van der Waals surface area contributed by atoms with Crippen LogP contribution in [0.3, 0.4) is 0 Å². The summed E-state index contributed by atoms with van der Waals surface area (Å²) in [5, 5.41) is 3.07. The first kappa shape index (κ1) is 14.3. The average molecular weight is 267 g/mol. The molecule has 20 heavy (non-hydrogen) atoms. The van der Waals surface area contributed by atoms with Gasteiger partial charge in [-0.1, -0.05) is 54.1 Å². The zero-order valence-corrected chi connectivity index (χ0v) is 12.3. The molecule has 0 spiro atoms. The van der Waals surface area contributed by atoms with Gasteiger partial charge in [-0.2, -0.15) is 0 Å². The fourth-order valence-electron chi connectivity index (χ4n) is 2.38. The maximum absolute atomic E-state index is 12.1. The zero-order chi connectivity index (χ0) is 14.5. The summed E-state index contributed by atoms with van der Waals surface area (Å²) in [7, 11) is 0. The van der Waals surface area contributed by atoms with Crippen LogP contribution in [0.2, 0.25) is 0 Å². The molecule has 1 amide bonds. The van der Waals surface area contributed by atoms with E-state index in [0.717, 1.165) is 5.56 Å². The highest BCUT2D eigenvalue weighted by Gasteiger charge is 2.12. The van der Waals surface area contributed by atoms with Gasteiger partial charge in [-0.15, -0.1) is 0 Å². The van der Waals surface area contributed by atoms with Crippen molar-refractivity contribution in [1.82, 2.24) is 5.32 Å². The normalized spacial score (nSPS) is 11.9. The molecule has 1 atom stereocenters. The molecule has 2 aromatic carbocycles. The predicted molar refractivity (Wildman–Crippen MR) is 82.6 cm³/mol. The second-order valence-corrected chi connectivity index (χ2v) is 5.31. The van der Waals surface area contributed by atoms with E-state index in [4.69, 9.17) is 0 Å². The minimum Gasteiger partial charge on any atom is -0.349 e. The summed E-state index contributed by atoms with van der Waals surface area (Å²) < 4.78 is 0. The number of carbonyl (C=O) groups is 1. The third kappa shape index (κ3) is 3.70. The molecule has 0 saturated carbocycles. The van der Waals surface area contributed by atoms with Crippen molar-refractivity contribution in [2.24, 2.45) is 0 Å². The second-order valence-electron chi connectivity index (χ2n) is 5.31. The summed E-state index contributed by atoms with van der Waals surface area (Å²) in [6.07, 6.45) is 0.427. The highest BCUT2D eigenvalue weighted by molar-refractivity contribution is 5.79. The number of benzene rings is 2. The quantitative estimate of drug-likeness (QED) is 0.898. The molecule has 104 valence electrons. The first-order valence-electron chi connectivity index (χ1n) is 6.96. The highest BCUT2D eigenvalue weighted by Crippen LogP contribution is 2.19. The van der Waals surface area contributed by atoms with E-state index >= 15 is 0 Å². The minimum absolute atomic E-state index is 0.0334. The first-order chi connectivity index (χ1) is 9.56. The van der Waals surface area contributed by atoms with Gasteiger partial charge >= 0.3 is 0 Å². The fraction of sp³-hybridized carbons (Fsp3) is 0.278. The van der Waals surface area contributed by atoms with Crippen LogP contribution in [0.15, 0.2) is 48.5 Å². The van der Waals surface area contributed by atoms with Gasteiger partial charge in [-0.25, -0.2) is 0 Å². The monoisotopic (exact) mass is 267 g/mol. The van der Waals surface area contributed by atoms with Crippen LogP contribution in [-0.4, -0.2) is 5.91 Å². The van der Waals surface area contributed by atoms with Crippen molar-refractivity contribution in [3.05, 3.63) is 70.8 Å². The maximum atomic E-state index is 12.1. The Morgan fingerprint density at radius 3 is 2.50 bits per heavy atom. The Hall–Kier alpha value is -2.09. The summed E-state index contributed by atoms with van der Waals surface area (Å²) in [5.41, 5.74) is 4.66. The van der Waals surface area contributed by atoms with E-state index in [1.165, 1.54) is 16.7 Å². The van der Waals surface area contributed by atoms with E-state index < -0.39 is 0 Å². The summed E-state index contributed by atoms with van der Waals surface area (Å²) >= 11 is 0. The smallest absolute Gasteiger partial charge is 0.224 e. The molecule has 2 nitrogen and oxygen atoms in total. The highest BCUT2D eigenvalue weighted by atomic mass is 16.1. The van der Waals surface area contributed by atoms with Crippen molar-refractivity contribution in [3.63, 3.8) is 0 Å². The minimum atomic E-state index is 0.0334. The topological polar surface area (TPSA) is 29.1 Å². The van der Waals surface area contributed by atoms with Gasteiger partial charge in [-0.3, -0.25) is 4.79 Å². The van der Waals surface area contributed by atoms with Crippen LogP contribution in [-0.2, 0) is 11.2 Å². The van der Waals surface area contributed by atoms with E-state index in [-0.39, 0.29) is 11.9 Å². The maximum Gasteiger partial charge on any atom is 0.224 e. The SMILES string of the molecule is Cc1ccc(C)c([C@@H](C)NC(=O)Cc2ccccc2)c1. The second kappa shape index (κ2) is 6.38. The molecule has 1 N–H and O–H groups in total. The van der Waals surface area contributed by atoms with Crippen molar-refractivity contribution in [3.8, 4) is 0 Å². The molecular weight excluding hydrogens is 246 g/mol.